The van der Waals surface area contributed by atoms with E-state index in [0.717, 1.165) is 40.8 Å². The van der Waals surface area contributed by atoms with E-state index in [2.05, 4.69) is 30.2 Å². The molecule has 0 radical (unpaired) electrons. The van der Waals surface area contributed by atoms with Crippen LogP contribution in [0.2, 0.25) is 0 Å². The van der Waals surface area contributed by atoms with Crippen molar-refractivity contribution in [2.24, 2.45) is 0 Å². The maximum atomic E-state index is 11.8. The molecular weight excluding hydrogens is 312 g/mol. The molecule has 1 N–H and O–H groups in total. The van der Waals surface area contributed by atoms with E-state index < -0.39 is 0 Å². The number of anilines is 1. The maximum absolute atomic E-state index is 11.8. The number of rotatable bonds is 6. The van der Waals surface area contributed by atoms with Crippen molar-refractivity contribution in [2.45, 2.75) is 46.5 Å². The van der Waals surface area contributed by atoms with Crippen LogP contribution in [0.15, 0.2) is 40.8 Å². The molecule has 130 valence electrons. The molecule has 0 unspecified atom stereocenters. The molecule has 0 fully saturated rings. The number of oxazole rings is 1. The number of carbonyl (C=O) groups is 1. The third-order valence-electron chi connectivity index (χ3n) is 4.21. The van der Waals surface area contributed by atoms with Gasteiger partial charge in [0.25, 0.3) is 0 Å². The first-order chi connectivity index (χ1) is 12.0. The topological polar surface area (TPSA) is 55.1 Å². The minimum Gasteiger partial charge on any atom is -0.440 e. The fourth-order valence-electron chi connectivity index (χ4n) is 2.94. The number of hydrogen-bond donors (Lipinski definition) is 1. The monoisotopic (exact) mass is 336 g/mol. The molecule has 0 atom stereocenters. The normalized spacial score (nSPS) is 11.0. The van der Waals surface area contributed by atoms with Gasteiger partial charge in [0.1, 0.15) is 5.52 Å². The van der Waals surface area contributed by atoms with Gasteiger partial charge in [-0.3, -0.25) is 4.79 Å². The Hall–Kier alpha value is -2.62. The quantitative estimate of drug-likeness (QED) is 0.676. The van der Waals surface area contributed by atoms with Crippen LogP contribution in [0.1, 0.15) is 48.8 Å². The van der Waals surface area contributed by atoms with E-state index in [-0.39, 0.29) is 5.91 Å². The van der Waals surface area contributed by atoms with Gasteiger partial charge in [-0.25, -0.2) is 4.98 Å². The van der Waals surface area contributed by atoms with E-state index in [9.17, 15) is 4.79 Å². The van der Waals surface area contributed by atoms with Gasteiger partial charge in [0, 0.05) is 18.5 Å². The fourth-order valence-corrected chi connectivity index (χ4v) is 2.94. The summed E-state index contributed by atoms with van der Waals surface area (Å²) < 4.78 is 5.92. The average molecular weight is 336 g/mol. The Kier molecular flexibility index (Phi) is 5.17. The Morgan fingerprint density at radius 1 is 1.16 bits per heavy atom. The van der Waals surface area contributed by atoms with E-state index in [0.29, 0.717) is 18.7 Å². The minimum absolute atomic E-state index is 0.0689. The molecule has 0 aliphatic heterocycles. The number of aromatic nitrogens is 1. The first kappa shape index (κ1) is 17.2. The lowest BCUT2D eigenvalue weighted by Crippen LogP contribution is -2.10. The van der Waals surface area contributed by atoms with Crippen molar-refractivity contribution in [3.05, 3.63) is 59.0 Å². The number of hydrogen-bond acceptors (Lipinski definition) is 3. The van der Waals surface area contributed by atoms with Crippen LogP contribution < -0.4 is 5.32 Å². The predicted octanol–water partition coefficient (Wildman–Crippen LogP) is 5.16. The molecule has 0 saturated carbocycles. The van der Waals surface area contributed by atoms with Crippen LogP contribution >= 0.6 is 0 Å². The number of nitrogens with zero attached hydrogens (tertiary/aromatic N) is 1. The van der Waals surface area contributed by atoms with E-state index >= 15 is 0 Å². The van der Waals surface area contributed by atoms with Gasteiger partial charge in [-0.15, -0.1) is 0 Å². The fraction of sp³-hybridized carbons (Fsp3) is 0.333. The van der Waals surface area contributed by atoms with E-state index in [1.165, 1.54) is 5.56 Å². The molecule has 0 aliphatic rings. The zero-order valence-corrected chi connectivity index (χ0v) is 15.1. The third-order valence-corrected chi connectivity index (χ3v) is 4.21. The molecular formula is C21H24N2O2. The standard InChI is InChI=1S/C21H24N2O2/c1-4-5-6-19(24)22-17-9-7-16(8-10-17)13-20-23-18-12-14(2)11-15(3)21(18)25-20/h7-12H,4-6,13H2,1-3H3,(H,22,24). The number of aryl methyl sites for hydroxylation is 2. The number of unbranched alkanes of at least 4 members (excludes halogenated alkanes) is 1. The molecule has 0 bridgehead atoms. The highest BCUT2D eigenvalue weighted by Crippen LogP contribution is 2.23. The number of carbonyl (C=O) groups excluding carboxylic acids is 1. The highest BCUT2D eigenvalue weighted by atomic mass is 16.3. The zero-order chi connectivity index (χ0) is 17.8. The largest absolute Gasteiger partial charge is 0.440 e. The molecule has 0 aliphatic carbocycles. The van der Waals surface area contributed by atoms with Crippen LogP contribution in [-0.2, 0) is 11.2 Å². The van der Waals surface area contributed by atoms with Gasteiger partial charge in [0.15, 0.2) is 11.5 Å². The number of amides is 1. The van der Waals surface area contributed by atoms with Crippen LogP contribution in [0.5, 0.6) is 0 Å². The predicted molar refractivity (Wildman–Crippen MR) is 101 cm³/mol. The lowest BCUT2D eigenvalue weighted by molar-refractivity contribution is -0.116. The molecule has 1 amide bonds. The summed E-state index contributed by atoms with van der Waals surface area (Å²) in [5.74, 6) is 0.780. The SMILES string of the molecule is CCCCC(=O)Nc1ccc(Cc2nc3cc(C)cc(C)c3o2)cc1. The zero-order valence-electron chi connectivity index (χ0n) is 15.1. The number of nitrogens with one attached hydrogen (secondary N) is 1. The first-order valence-corrected chi connectivity index (χ1v) is 8.80. The van der Waals surface area contributed by atoms with Crippen LogP contribution in [0.25, 0.3) is 11.1 Å². The van der Waals surface area contributed by atoms with Crippen LogP contribution in [0, 0.1) is 13.8 Å². The molecule has 3 aromatic rings. The van der Waals surface area contributed by atoms with Gasteiger partial charge < -0.3 is 9.73 Å². The summed E-state index contributed by atoms with van der Waals surface area (Å²) in [5.41, 5.74) is 6.00. The second-order valence-corrected chi connectivity index (χ2v) is 6.56. The summed E-state index contributed by atoms with van der Waals surface area (Å²) in [6, 6.07) is 12.0. The minimum atomic E-state index is 0.0689. The summed E-state index contributed by atoms with van der Waals surface area (Å²) >= 11 is 0. The van der Waals surface area contributed by atoms with Crippen LogP contribution in [0.4, 0.5) is 5.69 Å². The molecule has 4 heteroatoms. The van der Waals surface area contributed by atoms with Crippen molar-refractivity contribution in [3.8, 4) is 0 Å². The first-order valence-electron chi connectivity index (χ1n) is 8.80. The maximum Gasteiger partial charge on any atom is 0.224 e. The summed E-state index contributed by atoms with van der Waals surface area (Å²) in [4.78, 5) is 16.4. The third kappa shape index (κ3) is 4.27. The van der Waals surface area contributed by atoms with E-state index in [1.54, 1.807) is 0 Å². The summed E-state index contributed by atoms with van der Waals surface area (Å²) in [6.45, 7) is 6.19. The van der Waals surface area contributed by atoms with E-state index in [1.807, 2.05) is 37.3 Å². The Bertz CT molecular complexity index is 879. The van der Waals surface area contributed by atoms with Gasteiger partial charge in [0.2, 0.25) is 5.91 Å². The van der Waals surface area contributed by atoms with Gasteiger partial charge >= 0.3 is 0 Å². The highest BCUT2D eigenvalue weighted by molar-refractivity contribution is 5.90. The lowest BCUT2D eigenvalue weighted by atomic mass is 10.1. The Morgan fingerprint density at radius 2 is 1.92 bits per heavy atom. The molecule has 1 aromatic heterocycles. The second-order valence-electron chi connectivity index (χ2n) is 6.56. The summed E-state index contributed by atoms with van der Waals surface area (Å²) in [6.07, 6.45) is 3.15. The van der Waals surface area contributed by atoms with Crippen LogP contribution in [-0.4, -0.2) is 10.9 Å². The van der Waals surface area contributed by atoms with Crippen molar-refractivity contribution in [3.63, 3.8) is 0 Å². The smallest absolute Gasteiger partial charge is 0.224 e. The van der Waals surface area contributed by atoms with Crippen molar-refractivity contribution >= 4 is 22.7 Å². The Labute approximate surface area is 148 Å². The highest BCUT2D eigenvalue weighted by Gasteiger charge is 2.10. The van der Waals surface area contributed by atoms with Crippen molar-refractivity contribution in [1.82, 2.24) is 4.98 Å². The summed E-state index contributed by atoms with van der Waals surface area (Å²) in [7, 11) is 0. The van der Waals surface area contributed by atoms with Gasteiger partial charge in [-0.2, -0.15) is 0 Å². The van der Waals surface area contributed by atoms with Crippen molar-refractivity contribution < 1.29 is 9.21 Å². The molecule has 2 aromatic carbocycles. The van der Waals surface area contributed by atoms with Crippen molar-refractivity contribution in [1.29, 1.82) is 0 Å². The van der Waals surface area contributed by atoms with Gasteiger partial charge in [-0.05, 0) is 55.2 Å². The lowest BCUT2D eigenvalue weighted by Gasteiger charge is -2.05. The average Bonchev–Trinajstić information content (AvgIpc) is 2.97. The molecule has 25 heavy (non-hydrogen) atoms. The Morgan fingerprint density at radius 3 is 2.64 bits per heavy atom. The second kappa shape index (κ2) is 7.51. The summed E-state index contributed by atoms with van der Waals surface area (Å²) in [5, 5.41) is 2.92. The number of benzene rings is 2. The molecule has 3 rings (SSSR count). The molecule has 4 nitrogen and oxygen atoms in total. The number of fused-ring (bicyclic) bond motifs is 1. The van der Waals surface area contributed by atoms with Gasteiger partial charge in [0.05, 0.1) is 0 Å². The van der Waals surface area contributed by atoms with Crippen molar-refractivity contribution in [2.75, 3.05) is 5.32 Å². The van der Waals surface area contributed by atoms with Gasteiger partial charge in [-0.1, -0.05) is 31.5 Å². The molecule has 1 heterocycles. The van der Waals surface area contributed by atoms with E-state index in [4.69, 9.17) is 4.42 Å². The van der Waals surface area contributed by atoms with Crippen LogP contribution in [0.3, 0.4) is 0 Å². The molecule has 0 saturated heterocycles. The molecule has 0 spiro atoms. The Balaban J connectivity index is 1.69.